The molecule has 25 heavy (non-hydrogen) atoms. The summed E-state index contributed by atoms with van der Waals surface area (Å²) in [6.07, 6.45) is 0. The molecule has 0 radical (unpaired) electrons. The summed E-state index contributed by atoms with van der Waals surface area (Å²) in [5, 5.41) is 2.87. The number of anilines is 3. The highest BCUT2D eigenvalue weighted by atomic mass is 16.2. The molecular formula is C20H25N3O2. The lowest BCUT2D eigenvalue weighted by Crippen LogP contribution is -2.36. The van der Waals surface area contributed by atoms with Gasteiger partial charge in [0, 0.05) is 38.1 Å². The third kappa shape index (κ3) is 5.08. The van der Waals surface area contributed by atoms with Crippen molar-refractivity contribution in [1.29, 1.82) is 0 Å². The van der Waals surface area contributed by atoms with Crippen LogP contribution >= 0.6 is 0 Å². The molecule has 0 bridgehead atoms. The molecule has 0 spiro atoms. The van der Waals surface area contributed by atoms with Crippen LogP contribution in [0.3, 0.4) is 0 Å². The fraction of sp³-hybridized carbons (Fsp3) is 0.300. The van der Waals surface area contributed by atoms with E-state index in [0.29, 0.717) is 5.69 Å². The van der Waals surface area contributed by atoms with Crippen LogP contribution in [0.5, 0.6) is 0 Å². The standard InChI is InChI=1S/C20H25N3O2/c1-14-10-15(2)12-17(11-14)21-20(25)13-23(16(3)24)19-8-6-18(7-9-19)22(4)5/h6-12H,13H2,1-5H3,(H,21,25). The van der Waals surface area contributed by atoms with E-state index in [-0.39, 0.29) is 18.4 Å². The molecule has 0 aliphatic heterocycles. The first-order valence-corrected chi connectivity index (χ1v) is 8.20. The Morgan fingerprint density at radius 2 is 1.44 bits per heavy atom. The number of carbonyl (C=O) groups excluding carboxylic acids is 2. The third-order valence-corrected chi connectivity index (χ3v) is 3.87. The SMILES string of the molecule is CC(=O)N(CC(=O)Nc1cc(C)cc(C)c1)c1ccc(N(C)C)cc1. The van der Waals surface area contributed by atoms with Crippen molar-refractivity contribution in [2.45, 2.75) is 20.8 Å². The van der Waals surface area contributed by atoms with E-state index in [0.717, 1.165) is 22.5 Å². The van der Waals surface area contributed by atoms with Crippen molar-refractivity contribution >= 4 is 28.9 Å². The van der Waals surface area contributed by atoms with Crippen LogP contribution in [-0.2, 0) is 9.59 Å². The first-order valence-electron chi connectivity index (χ1n) is 8.20. The average Bonchev–Trinajstić information content (AvgIpc) is 2.51. The van der Waals surface area contributed by atoms with E-state index in [4.69, 9.17) is 0 Å². The summed E-state index contributed by atoms with van der Waals surface area (Å²) in [7, 11) is 3.91. The van der Waals surface area contributed by atoms with Gasteiger partial charge < -0.3 is 15.1 Å². The first-order chi connectivity index (χ1) is 11.8. The monoisotopic (exact) mass is 339 g/mol. The van der Waals surface area contributed by atoms with Gasteiger partial charge in [-0.05, 0) is 61.4 Å². The molecule has 0 fully saturated rings. The molecule has 2 rings (SSSR count). The fourth-order valence-corrected chi connectivity index (χ4v) is 2.71. The molecule has 0 aliphatic carbocycles. The van der Waals surface area contributed by atoms with Crippen molar-refractivity contribution in [1.82, 2.24) is 0 Å². The van der Waals surface area contributed by atoms with Crippen LogP contribution in [0.4, 0.5) is 17.1 Å². The molecule has 2 amide bonds. The number of benzene rings is 2. The predicted molar refractivity (Wildman–Crippen MR) is 103 cm³/mol. The summed E-state index contributed by atoms with van der Waals surface area (Å²) >= 11 is 0. The van der Waals surface area contributed by atoms with E-state index >= 15 is 0 Å². The Kier molecular flexibility index (Phi) is 5.80. The maximum absolute atomic E-state index is 12.4. The van der Waals surface area contributed by atoms with E-state index in [1.54, 1.807) is 0 Å². The van der Waals surface area contributed by atoms with Crippen LogP contribution in [-0.4, -0.2) is 32.5 Å². The summed E-state index contributed by atoms with van der Waals surface area (Å²) < 4.78 is 0. The molecular weight excluding hydrogens is 314 g/mol. The average molecular weight is 339 g/mol. The molecule has 2 aromatic carbocycles. The fourth-order valence-electron chi connectivity index (χ4n) is 2.71. The number of amides is 2. The van der Waals surface area contributed by atoms with Crippen molar-refractivity contribution in [3.63, 3.8) is 0 Å². The lowest BCUT2D eigenvalue weighted by Gasteiger charge is -2.22. The van der Waals surface area contributed by atoms with E-state index in [1.165, 1.54) is 11.8 Å². The second-order valence-corrected chi connectivity index (χ2v) is 6.44. The van der Waals surface area contributed by atoms with Gasteiger partial charge in [-0.15, -0.1) is 0 Å². The second kappa shape index (κ2) is 7.83. The van der Waals surface area contributed by atoms with Crippen LogP contribution in [0.15, 0.2) is 42.5 Å². The molecule has 2 aromatic rings. The molecule has 0 atom stereocenters. The van der Waals surface area contributed by atoms with Gasteiger partial charge in [-0.25, -0.2) is 0 Å². The summed E-state index contributed by atoms with van der Waals surface area (Å²) in [6, 6.07) is 13.4. The molecule has 0 saturated heterocycles. The number of aryl methyl sites for hydroxylation is 2. The Hall–Kier alpha value is -2.82. The maximum Gasteiger partial charge on any atom is 0.244 e. The van der Waals surface area contributed by atoms with Gasteiger partial charge in [0.1, 0.15) is 6.54 Å². The van der Waals surface area contributed by atoms with Crippen LogP contribution in [0, 0.1) is 13.8 Å². The van der Waals surface area contributed by atoms with Gasteiger partial charge in [0.15, 0.2) is 0 Å². The smallest absolute Gasteiger partial charge is 0.244 e. The molecule has 0 heterocycles. The van der Waals surface area contributed by atoms with Gasteiger partial charge in [0.25, 0.3) is 0 Å². The van der Waals surface area contributed by atoms with Gasteiger partial charge >= 0.3 is 0 Å². The number of nitrogens with zero attached hydrogens (tertiary/aromatic N) is 2. The molecule has 0 saturated carbocycles. The Bertz CT molecular complexity index is 747. The lowest BCUT2D eigenvalue weighted by atomic mass is 10.1. The lowest BCUT2D eigenvalue weighted by molar-refractivity contribution is -0.120. The highest BCUT2D eigenvalue weighted by Gasteiger charge is 2.16. The number of rotatable bonds is 5. The molecule has 0 unspecified atom stereocenters. The Morgan fingerprint density at radius 3 is 1.92 bits per heavy atom. The molecule has 5 nitrogen and oxygen atoms in total. The van der Waals surface area contributed by atoms with Crippen LogP contribution in [0.25, 0.3) is 0 Å². The van der Waals surface area contributed by atoms with Gasteiger partial charge in [-0.2, -0.15) is 0 Å². The molecule has 5 heteroatoms. The summed E-state index contributed by atoms with van der Waals surface area (Å²) in [4.78, 5) is 27.8. The number of carbonyl (C=O) groups is 2. The Balaban J connectivity index is 2.12. The van der Waals surface area contributed by atoms with E-state index in [9.17, 15) is 9.59 Å². The zero-order chi connectivity index (χ0) is 18.6. The van der Waals surface area contributed by atoms with Crippen molar-refractivity contribution in [3.05, 3.63) is 53.6 Å². The second-order valence-electron chi connectivity index (χ2n) is 6.44. The number of hydrogen-bond donors (Lipinski definition) is 1. The van der Waals surface area contributed by atoms with E-state index in [2.05, 4.69) is 5.32 Å². The maximum atomic E-state index is 12.4. The minimum Gasteiger partial charge on any atom is -0.378 e. The topological polar surface area (TPSA) is 52.7 Å². The molecule has 1 N–H and O–H groups in total. The largest absolute Gasteiger partial charge is 0.378 e. The number of nitrogens with one attached hydrogen (secondary N) is 1. The van der Waals surface area contributed by atoms with E-state index in [1.807, 2.05) is 75.3 Å². The normalized spacial score (nSPS) is 10.3. The highest BCUT2D eigenvalue weighted by Crippen LogP contribution is 2.20. The Labute approximate surface area is 149 Å². The van der Waals surface area contributed by atoms with E-state index < -0.39 is 0 Å². The van der Waals surface area contributed by atoms with Crippen molar-refractivity contribution in [2.75, 3.05) is 35.8 Å². The summed E-state index contributed by atoms with van der Waals surface area (Å²) in [6.45, 7) is 5.40. The minimum absolute atomic E-state index is 0.0242. The Morgan fingerprint density at radius 1 is 0.920 bits per heavy atom. The highest BCUT2D eigenvalue weighted by molar-refractivity contribution is 6.01. The van der Waals surface area contributed by atoms with Crippen LogP contribution in [0.1, 0.15) is 18.1 Å². The third-order valence-electron chi connectivity index (χ3n) is 3.87. The zero-order valence-electron chi connectivity index (χ0n) is 15.5. The van der Waals surface area contributed by atoms with Gasteiger partial charge in [-0.1, -0.05) is 6.07 Å². The summed E-state index contributed by atoms with van der Waals surface area (Å²) in [5.74, 6) is -0.398. The minimum atomic E-state index is -0.225. The van der Waals surface area contributed by atoms with Gasteiger partial charge in [0.2, 0.25) is 11.8 Å². The van der Waals surface area contributed by atoms with Gasteiger partial charge in [-0.3, -0.25) is 9.59 Å². The van der Waals surface area contributed by atoms with Gasteiger partial charge in [0.05, 0.1) is 0 Å². The number of hydrogen-bond acceptors (Lipinski definition) is 3. The van der Waals surface area contributed by atoms with Crippen molar-refractivity contribution in [3.8, 4) is 0 Å². The molecule has 0 aliphatic rings. The quantitative estimate of drug-likeness (QED) is 0.909. The molecule has 0 aromatic heterocycles. The van der Waals surface area contributed by atoms with Crippen molar-refractivity contribution in [2.24, 2.45) is 0 Å². The first kappa shape index (κ1) is 18.5. The van der Waals surface area contributed by atoms with Crippen LogP contribution in [0.2, 0.25) is 0 Å². The predicted octanol–water partition coefficient (Wildman–Crippen LogP) is 3.36. The summed E-state index contributed by atoms with van der Waals surface area (Å²) in [5.41, 5.74) is 4.64. The zero-order valence-corrected chi connectivity index (χ0v) is 15.5. The molecule has 132 valence electrons. The van der Waals surface area contributed by atoms with Crippen LogP contribution < -0.4 is 15.1 Å². The van der Waals surface area contributed by atoms with Crippen molar-refractivity contribution < 1.29 is 9.59 Å².